The second-order valence-corrected chi connectivity index (χ2v) is 4.95. The minimum Gasteiger partial charge on any atom is -0.491 e. The number of ether oxygens (including phenoxy) is 1. The van der Waals surface area contributed by atoms with E-state index in [2.05, 4.69) is 0 Å². The molecule has 6 heteroatoms. The van der Waals surface area contributed by atoms with Crippen LogP contribution in [-0.4, -0.2) is 66.7 Å². The predicted octanol–water partition coefficient (Wildman–Crippen LogP) is -1.50. The molecule has 0 aliphatic carbocycles. The van der Waals surface area contributed by atoms with Gasteiger partial charge in [-0.05, 0) is 31.2 Å². The van der Waals surface area contributed by atoms with E-state index in [0.29, 0.717) is 30.9 Å². The minimum absolute atomic E-state index is 0.00571. The molecular weight excluding hydrogens is 274 g/mol. The average Bonchev–Trinajstić information content (AvgIpc) is 2.46. The van der Waals surface area contributed by atoms with Crippen molar-refractivity contribution in [3.8, 4) is 5.75 Å². The second kappa shape index (κ2) is 9.46. The van der Waals surface area contributed by atoms with Crippen molar-refractivity contribution in [2.75, 3.05) is 39.5 Å². The Labute approximate surface area is 124 Å². The van der Waals surface area contributed by atoms with Crippen LogP contribution in [0, 0.1) is 0 Å². The van der Waals surface area contributed by atoms with Gasteiger partial charge in [0.2, 0.25) is 0 Å². The van der Waals surface area contributed by atoms with Gasteiger partial charge in [0.1, 0.15) is 38.1 Å². The molecule has 0 heterocycles. The molecule has 0 fully saturated rings. The van der Waals surface area contributed by atoms with Crippen molar-refractivity contribution < 1.29 is 29.8 Å². The van der Waals surface area contributed by atoms with Crippen LogP contribution in [0.25, 0.3) is 0 Å². The van der Waals surface area contributed by atoms with Gasteiger partial charge in [-0.1, -0.05) is 0 Å². The Morgan fingerprint density at radius 2 is 1.76 bits per heavy atom. The molecule has 6 nitrogen and oxygen atoms in total. The fraction of sp³-hybridized carbons (Fsp3) is 0.533. The van der Waals surface area contributed by atoms with Gasteiger partial charge in [-0.25, -0.2) is 0 Å². The fourth-order valence-electron chi connectivity index (χ4n) is 2.02. The first-order valence-corrected chi connectivity index (χ1v) is 7.04. The number of aliphatic hydroxyl groups excluding tert-OH is 3. The summed E-state index contributed by atoms with van der Waals surface area (Å²) >= 11 is 0. The van der Waals surface area contributed by atoms with Gasteiger partial charge in [0, 0.05) is 5.56 Å². The van der Waals surface area contributed by atoms with E-state index in [4.69, 9.17) is 14.9 Å². The number of ketones is 1. The molecule has 0 unspecified atom stereocenters. The Morgan fingerprint density at radius 3 is 2.24 bits per heavy atom. The largest absolute Gasteiger partial charge is 0.491 e. The highest BCUT2D eigenvalue weighted by Crippen LogP contribution is 2.12. The van der Waals surface area contributed by atoms with Crippen molar-refractivity contribution in [2.24, 2.45) is 0 Å². The van der Waals surface area contributed by atoms with Gasteiger partial charge >= 0.3 is 0 Å². The normalized spacial score (nSPS) is 12.4. The lowest BCUT2D eigenvalue weighted by Crippen LogP contribution is -3.14. The zero-order valence-corrected chi connectivity index (χ0v) is 12.3. The van der Waals surface area contributed by atoms with Crippen LogP contribution in [0.2, 0.25) is 0 Å². The number of quaternary nitrogens is 1. The molecule has 1 atom stereocenters. The van der Waals surface area contributed by atoms with E-state index in [9.17, 15) is 9.90 Å². The number of rotatable bonds is 10. The third-order valence-electron chi connectivity index (χ3n) is 3.16. The van der Waals surface area contributed by atoms with Gasteiger partial charge in [-0.3, -0.25) is 4.79 Å². The zero-order chi connectivity index (χ0) is 15.7. The van der Waals surface area contributed by atoms with Crippen LogP contribution < -0.4 is 9.64 Å². The monoisotopic (exact) mass is 298 g/mol. The van der Waals surface area contributed by atoms with Gasteiger partial charge in [-0.15, -0.1) is 0 Å². The smallest absolute Gasteiger partial charge is 0.159 e. The van der Waals surface area contributed by atoms with Gasteiger partial charge in [0.15, 0.2) is 5.78 Å². The van der Waals surface area contributed by atoms with Crippen molar-refractivity contribution in [2.45, 2.75) is 13.0 Å². The topological polar surface area (TPSA) is 91.4 Å². The molecule has 0 spiro atoms. The van der Waals surface area contributed by atoms with E-state index in [-0.39, 0.29) is 25.6 Å². The number of benzene rings is 1. The number of aliphatic hydroxyl groups is 3. The number of hydrogen-bond acceptors (Lipinski definition) is 5. The van der Waals surface area contributed by atoms with Crippen LogP contribution >= 0.6 is 0 Å². The molecule has 1 rings (SSSR count). The van der Waals surface area contributed by atoms with Gasteiger partial charge in [-0.2, -0.15) is 0 Å². The highest BCUT2D eigenvalue weighted by molar-refractivity contribution is 5.94. The van der Waals surface area contributed by atoms with E-state index in [1.165, 1.54) is 6.92 Å². The predicted molar refractivity (Wildman–Crippen MR) is 77.7 cm³/mol. The number of carbonyl (C=O) groups excluding carboxylic acids is 1. The van der Waals surface area contributed by atoms with Gasteiger partial charge in [0.25, 0.3) is 0 Å². The quantitative estimate of drug-likeness (QED) is 0.395. The number of Topliss-reactive ketones (excluding diaryl/α,β-unsaturated/α-hetero) is 1. The Balaban J connectivity index is 2.40. The molecule has 1 aromatic carbocycles. The lowest BCUT2D eigenvalue weighted by molar-refractivity contribution is -0.903. The molecule has 4 N–H and O–H groups in total. The highest BCUT2D eigenvalue weighted by atomic mass is 16.5. The summed E-state index contributed by atoms with van der Waals surface area (Å²) < 4.78 is 5.46. The summed E-state index contributed by atoms with van der Waals surface area (Å²) in [5.74, 6) is 0.582. The standard InChI is InChI=1S/C15H23NO5/c1-12(19)13-2-4-15(5-3-13)21-11-14(20)10-16(6-8-17)7-9-18/h2-5,14,17-18,20H,6-11H2,1H3/p+1/t14-/m0/s1. The van der Waals surface area contributed by atoms with Gasteiger partial charge < -0.3 is 25.0 Å². The third-order valence-corrected chi connectivity index (χ3v) is 3.16. The molecule has 0 saturated carbocycles. The van der Waals surface area contributed by atoms with E-state index in [1.54, 1.807) is 24.3 Å². The van der Waals surface area contributed by atoms with Crippen molar-refractivity contribution in [1.29, 1.82) is 0 Å². The summed E-state index contributed by atoms with van der Waals surface area (Å²) in [6, 6.07) is 6.74. The van der Waals surface area contributed by atoms with E-state index in [0.717, 1.165) is 4.90 Å². The summed E-state index contributed by atoms with van der Waals surface area (Å²) in [6.07, 6.45) is -0.689. The van der Waals surface area contributed by atoms with Crippen LogP contribution in [-0.2, 0) is 0 Å². The highest BCUT2D eigenvalue weighted by Gasteiger charge is 2.15. The summed E-state index contributed by atoms with van der Waals surface area (Å²) in [6.45, 7) is 2.99. The fourth-order valence-corrected chi connectivity index (χ4v) is 2.02. The third kappa shape index (κ3) is 6.68. The lowest BCUT2D eigenvalue weighted by atomic mass is 10.1. The molecule has 118 valence electrons. The van der Waals surface area contributed by atoms with Crippen molar-refractivity contribution in [3.63, 3.8) is 0 Å². The molecule has 0 aromatic heterocycles. The summed E-state index contributed by atoms with van der Waals surface area (Å²) in [5.41, 5.74) is 0.615. The molecule has 0 saturated heterocycles. The minimum atomic E-state index is -0.689. The van der Waals surface area contributed by atoms with E-state index in [1.807, 2.05) is 0 Å². The van der Waals surface area contributed by atoms with E-state index >= 15 is 0 Å². The molecular formula is C15H24NO5+. The first-order chi connectivity index (χ1) is 10.1. The molecule has 0 amide bonds. The Morgan fingerprint density at radius 1 is 1.19 bits per heavy atom. The van der Waals surface area contributed by atoms with Crippen molar-refractivity contribution >= 4 is 5.78 Å². The van der Waals surface area contributed by atoms with Crippen molar-refractivity contribution in [1.82, 2.24) is 0 Å². The Hall–Kier alpha value is -1.47. The van der Waals surface area contributed by atoms with Crippen LogP contribution in [0.4, 0.5) is 0 Å². The van der Waals surface area contributed by atoms with Crippen LogP contribution in [0.5, 0.6) is 5.75 Å². The van der Waals surface area contributed by atoms with Crippen molar-refractivity contribution in [3.05, 3.63) is 29.8 Å². The Kier molecular flexibility index (Phi) is 7.92. The molecule has 0 bridgehead atoms. The maximum absolute atomic E-state index is 11.1. The maximum Gasteiger partial charge on any atom is 0.159 e. The molecule has 1 aromatic rings. The number of nitrogens with one attached hydrogen (secondary N) is 1. The molecule has 0 aliphatic heterocycles. The Bertz CT molecular complexity index is 415. The van der Waals surface area contributed by atoms with E-state index < -0.39 is 6.10 Å². The maximum atomic E-state index is 11.1. The average molecular weight is 298 g/mol. The van der Waals surface area contributed by atoms with Crippen LogP contribution in [0.15, 0.2) is 24.3 Å². The molecule has 21 heavy (non-hydrogen) atoms. The summed E-state index contributed by atoms with van der Waals surface area (Å²) in [7, 11) is 0. The van der Waals surface area contributed by atoms with Crippen LogP contribution in [0.1, 0.15) is 17.3 Å². The van der Waals surface area contributed by atoms with Crippen LogP contribution in [0.3, 0.4) is 0 Å². The lowest BCUT2D eigenvalue weighted by Gasteiger charge is -2.20. The summed E-state index contributed by atoms with van der Waals surface area (Å²) in [5, 5.41) is 27.7. The molecule has 0 aliphatic rings. The molecule has 0 radical (unpaired) electrons. The van der Waals surface area contributed by atoms with Gasteiger partial charge in [0.05, 0.1) is 13.2 Å². The first-order valence-electron chi connectivity index (χ1n) is 7.04. The summed E-state index contributed by atoms with van der Waals surface area (Å²) in [4.78, 5) is 12.1. The number of carbonyl (C=O) groups is 1. The number of hydrogen-bond donors (Lipinski definition) is 4. The SMILES string of the molecule is CC(=O)c1ccc(OC[C@@H](O)C[NH+](CCO)CCO)cc1. The first kappa shape index (κ1) is 17.6. The second-order valence-electron chi connectivity index (χ2n) is 4.95. The zero-order valence-electron chi connectivity index (χ0n) is 12.3.